The first-order valence-corrected chi connectivity index (χ1v) is 13.5. The van der Waals surface area contributed by atoms with Gasteiger partial charge in [-0.15, -0.1) is 0 Å². The minimum Gasteiger partial charge on any atom is -0.379 e. The fraction of sp³-hybridized carbons (Fsp3) is 0.103. The largest absolute Gasteiger partial charge is 0.379 e. The topological polar surface area (TPSA) is 93.2 Å². The summed E-state index contributed by atoms with van der Waals surface area (Å²) in [5.74, 6) is -2.33. The second kappa shape index (κ2) is 9.64. The second-order valence-electron chi connectivity index (χ2n) is 9.07. The maximum absolute atomic E-state index is 13.7. The van der Waals surface area contributed by atoms with E-state index in [1.54, 1.807) is 42.5 Å². The normalized spacial score (nSPS) is 20.8. The Labute approximate surface area is 223 Å². The number of nitrogens with zero attached hydrogens (tertiary/aromatic N) is 2. The number of imide groups is 1. The molecule has 0 bridgehead atoms. The van der Waals surface area contributed by atoms with Crippen molar-refractivity contribution in [3.05, 3.63) is 121 Å². The lowest BCUT2D eigenvalue weighted by atomic mass is 9.90. The highest BCUT2D eigenvalue weighted by atomic mass is 32.2. The molecule has 2 fully saturated rings. The van der Waals surface area contributed by atoms with Crippen LogP contribution >= 0.6 is 0 Å². The molecule has 6 rings (SSSR count). The molecule has 8 nitrogen and oxygen atoms in total. The number of benzene rings is 4. The minimum atomic E-state index is -4.04. The van der Waals surface area contributed by atoms with E-state index in [2.05, 4.69) is 0 Å². The van der Waals surface area contributed by atoms with Crippen LogP contribution in [-0.4, -0.2) is 26.3 Å². The lowest BCUT2D eigenvalue weighted by Crippen LogP contribution is -2.37. The van der Waals surface area contributed by atoms with E-state index in [0.717, 1.165) is 4.90 Å². The Bertz CT molecular complexity index is 1630. The highest BCUT2D eigenvalue weighted by molar-refractivity contribution is 7.87. The quantitative estimate of drug-likeness (QED) is 0.258. The van der Waals surface area contributed by atoms with E-state index in [1.165, 1.54) is 53.6 Å². The molecule has 0 unspecified atom stereocenters. The maximum Gasteiger partial charge on any atom is 0.339 e. The summed E-state index contributed by atoms with van der Waals surface area (Å²) in [7, 11) is -4.04. The summed E-state index contributed by atoms with van der Waals surface area (Å²) < 4.78 is 44.1. The number of fused-ring (bicyclic) bond motifs is 1. The van der Waals surface area contributed by atoms with Crippen LogP contribution in [-0.2, 0) is 24.5 Å². The number of anilines is 2. The lowest BCUT2D eigenvalue weighted by Gasteiger charge is -2.28. The number of rotatable bonds is 6. The molecule has 3 atom stereocenters. The van der Waals surface area contributed by atoms with Gasteiger partial charge in [-0.3, -0.25) is 14.4 Å². The third-order valence-corrected chi connectivity index (χ3v) is 7.93. The summed E-state index contributed by atoms with van der Waals surface area (Å²) in [6.45, 7) is 0. The van der Waals surface area contributed by atoms with Gasteiger partial charge in [0, 0.05) is 0 Å². The number of hydroxylamine groups is 1. The zero-order chi connectivity index (χ0) is 27.1. The van der Waals surface area contributed by atoms with E-state index < -0.39 is 45.8 Å². The minimum absolute atomic E-state index is 0.0207. The molecular formula is C29H21FN2O6S. The van der Waals surface area contributed by atoms with Crippen molar-refractivity contribution >= 4 is 33.3 Å². The molecular weight excluding hydrogens is 523 g/mol. The van der Waals surface area contributed by atoms with E-state index >= 15 is 0 Å². The Kier molecular flexibility index (Phi) is 6.13. The third-order valence-electron chi connectivity index (χ3n) is 6.67. The van der Waals surface area contributed by atoms with Gasteiger partial charge in [0.05, 0.1) is 17.4 Å². The first-order valence-electron chi connectivity index (χ1n) is 12.1. The van der Waals surface area contributed by atoms with Gasteiger partial charge in [0.1, 0.15) is 22.4 Å². The highest BCUT2D eigenvalue weighted by Crippen LogP contribution is 2.47. The van der Waals surface area contributed by atoms with Crippen LogP contribution in [0.2, 0.25) is 0 Å². The average molecular weight is 545 g/mol. The van der Waals surface area contributed by atoms with Gasteiger partial charge < -0.3 is 4.18 Å². The van der Waals surface area contributed by atoms with Crippen LogP contribution in [0.3, 0.4) is 0 Å². The smallest absolute Gasteiger partial charge is 0.339 e. The number of halogens is 1. The van der Waals surface area contributed by atoms with Gasteiger partial charge in [0.2, 0.25) is 5.91 Å². The van der Waals surface area contributed by atoms with Crippen LogP contribution in [0.15, 0.2) is 114 Å². The van der Waals surface area contributed by atoms with Gasteiger partial charge in [0.15, 0.2) is 6.10 Å². The van der Waals surface area contributed by atoms with Crippen molar-refractivity contribution in [1.29, 1.82) is 0 Å². The zero-order valence-electron chi connectivity index (χ0n) is 20.3. The molecule has 0 aromatic heterocycles. The van der Waals surface area contributed by atoms with E-state index in [0.29, 0.717) is 11.3 Å². The molecule has 10 heteroatoms. The molecule has 0 radical (unpaired) electrons. The molecule has 4 aromatic rings. The molecule has 2 aliphatic heterocycles. The molecule has 39 heavy (non-hydrogen) atoms. The molecule has 0 saturated carbocycles. The van der Waals surface area contributed by atoms with Crippen molar-refractivity contribution in [1.82, 2.24) is 0 Å². The Morgan fingerprint density at radius 2 is 1.33 bits per heavy atom. The highest BCUT2D eigenvalue weighted by Gasteiger charge is 2.60. The van der Waals surface area contributed by atoms with Crippen molar-refractivity contribution in [2.75, 3.05) is 9.96 Å². The van der Waals surface area contributed by atoms with Gasteiger partial charge in [-0.2, -0.15) is 8.42 Å². The Morgan fingerprint density at radius 3 is 1.97 bits per heavy atom. The van der Waals surface area contributed by atoms with Crippen molar-refractivity contribution in [3.8, 4) is 5.75 Å². The number of carbonyl (C=O) groups excluding carboxylic acids is 2. The monoisotopic (exact) mass is 544 g/mol. The summed E-state index contributed by atoms with van der Waals surface area (Å²) in [6, 6.07) is 27.5. The maximum atomic E-state index is 13.7. The molecule has 4 aromatic carbocycles. The number of hydrogen-bond acceptors (Lipinski definition) is 7. The SMILES string of the molecule is O=C1[C@H]2[C@@H](c3ccc(OS(=O)(=O)c4ccccc4)cc3)N(c3ccccc3)O[C@H]2C(=O)N1c1ccc(F)cc1. The van der Waals surface area contributed by atoms with Gasteiger partial charge in [0.25, 0.3) is 5.91 Å². The van der Waals surface area contributed by atoms with Crippen LogP contribution in [0, 0.1) is 11.7 Å². The van der Waals surface area contributed by atoms with Gasteiger partial charge in [-0.25, -0.2) is 14.4 Å². The van der Waals surface area contributed by atoms with Crippen LogP contribution in [0.25, 0.3) is 0 Å². The summed E-state index contributed by atoms with van der Waals surface area (Å²) in [4.78, 5) is 34.1. The van der Waals surface area contributed by atoms with Crippen LogP contribution < -0.4 is 14.1 Å². The van der Waals surface area contributed by atoms with E-state index in [9.17, 15) is 22.4 Å². The second-order valence-corrected chi connectivity index (χ2v) is 10.6. The van der Waals surface area contributed by atoms with Gasteiger partial charge in [-0.05, 0) is 66.2 Å². The van der Waals surface area contributed by atoms with Crippen molar-refractivity contribution in [2.45, 2.75) is 17.0 Å². The Balaban J connectivity index is 1.34. The summed E-state index contributed by atoms with van der Waals surface area (Å²) in [5, 5.41) is 1.53. The standard InChI is InChI=1S/C29H21FN2O6S/c30-20-13-15-21(16-14-20)31-28(33)25-26(32(37-27(25)29(31)34)22-7-3-1-4-8-22)19-11-17-23(18-12-19)38-39(35,36)24-9-5-2-6-10-24/h1-18,25-27H/t25-,26+,27+/m0/s1. The molecule has 0 N–H and O–H groups in total. The molecule has 2 amide bonds. The Morgan fingerprint density at radius 1 is 0.718 bits per heavy atom. The number of para-hydroxylation sites is 1. The van der Waals surface area contributed by atoms with E-state index in [1.807, 2.05) is 18.2 Å². The Hall–Kier alpha value is -4.54. The number of amides is 2. The lowest BCUT2D eigenvalue weighted by molar-refractivity contribution is -0.126. The fourth-order valence-electron chi connectivity index (χ4n) is 4.88. The molecule has 2 saturated heterocycles. The van der Waals surface area contributed by atoms with Crippen LogP contribution in [0.4, 0.5) is 15.8 Å². The summed E-state index contributed by atoms with van der Waals surface area (Å²) in [6.07, 6.45) is -1.10. The first kappa shape index (κ1) is 24.8. The van der Waals surface area contributed by atoms with E-state index in [4.69, 9.17) is 9.02 Å². The van der Waals surface area contributed by atoms with E-state index in [-0.39, 0.29) is 16.3 Å². The van der Waals surface area contributed by atoms with Gasteiger partial charge in [-0.1, -0.05) is 48.5 Å². The van der Waals surface area contributed by atoms with Crippen molar-refractivity contribution < 1.29 is 31.4 Å². The predicted molar refractivity (Wildman–Crippen MR) is 140 cm³/mol. The zero-order valence-corrected chi connectivity index (χ0v) is 21.1. The van der Waals surface area contributed by atoms with Crippen LogP contribution in [0.1, 0.15) is 11.6 Å². The predicted octanol–water partition coefficient (Wildman–Crippen LogP) is 4.64. The molecule has 0 aliphatic carbocycles. The number of carbonyl (C=O) groups is 2. The number of hydrogen-bond donors (Lipinski definition) is 0. The molecule has 0 spiro atoms. The summed E-state index contributed by atoms with van der Waals surface area (Å²) in [5.41, 5.74) is 1.50. The van der Waals surface area contributed by atoms with Crippen molar-refractivity contribution in [3.63, 3.8) is 0 Å². The van der Waals surface area contributed by atoms with Crippen LogP contribution in [0.5, 0.6) is 5.75 Å². The van der Waals surface area contributed by atoms with Crippen molar-refractivity contribution in [2.24, 2.45) is 5.92 Å². The third kappa shape index (κ3) is 4.43. The molecule has 196 valence electrons. The first-order chi connectivity index (χ1) is 18.8. The molecule has 2 aliphatic rings. The average Bonchev–Trinajstić information content (AvgIpc) is 3.46. The fourth-order valence-corrected chi connectivity index (χ4v) is 5.83. The van der Waals surface area contributed by atoms with Gasteiger partial charge >= 0.3 is 10.1 Å². The molecule has 2 heterocycles. The summed E-state index contributed by atoms with van der Waals surface area (Å²) >= 11 is 0.